The van der Waals surface area contributed by atoms with Crippen molar-refractivity contribution in [3.8, 4) is 0 Å². The maximum atomic E-state index is 4.22. The zero-order chi connectivity index (χ0) is 13.6. The van der Waals surface area contributed by atoms with Crippen molar-refractivity contribution in [1.29, 1.82) is 0 Å². The number of aryl methyl sites for hydroxylation is 2. The van der Waals surface area contributed by atoms with E-state index in [0.29, 0.717) is 5.92 Å². The van der Waals surface area contributed by atoms with Crippen molar-refractivity contribution < 1.29 is 0 Å². The van der Waals surface area contributed by atoms with Crippen molar-refractivity contribution in [2.24, 2.45) is 0 Å². The van der Waals surface area contributed by atoms with Crippen molar-refractivity contribution in [3.63, 3.8) is 0 Å². The number of nitrogens with one attached hydrogen (secondary N) is 1. The van der Waals surface area contributed by atoms with Gasteiger partial charge in [-0.05, 0) is 55.3 Å². The minimum atomic E-state index is 0.699. The molecule has 2 aromatic rings. The fourth-order valence-corrected chi connectivity index (χ4v) is 3.14. The Balaban J connectivity index is 1.43. The molecule has 3 heteroatoms. The van der Waals surface area contributed by atoms with Gasteiger partial charge in [-0.3, -0.25) is 4.68 Å². The molecule has 0 fully saturated rings. The summed E-state index contributed by atoms with van der Waals surface area (Å²) in [5, 5.41) is 7.84. The number of hydrogen-bond donors (Lipinski definition) is 1. The van der Waals surface area contributed by atoms with Crippen molar-refractivity contribution in [1.82, 2.24) is 15.1 Å². The van der Waals surface area contributed by atoms with Gasteiger partial charge in [0.1, 0.15) is 0 Å². The van der Waals surface area contributed by atoms with E-state index in [-0.39, 0.29) is 0 Å². The Morgan fingerprint density at radius 2 is 2.20 bits per heavy atom. The van der Waals surface area contributed by atoms with Crippen LogP contribution >= 0.6 is 0 Å². The molecule has 0 amide bonds. The number of rotatable bonds is 6. The van der Waals surface area contributed by atoms with E-state index in [1.165, 1.54) is 19.3 Å². The third kappa shape index (κ3) is 3.28. The molecule has 1 aromatic carbocycles. The summed E-state index contributed by atoms with van der Waals surface area (Å²) in [5.74, 6) is 0.699. The molecule has 1 unspecified atom stereocenters. The predicted octanol–water partition coefficient (Wildman–Crippen LogP) is 2.98. The first-order chi connectivity index (χ1) is 9.93. The highest BCUT2D eigenvalue weighted by molar-refractivity contribution is 5.32. The highest BCUT2D eigenvalue weighted by atomic mass is 15.3. The fourth-order valence-electron chi connectivity index (χ4n) is 3.14. The van der Waals surface area contributed by atoms with Crippen molar-refractivity contribution in [2.75, 3.05) is 13.1 Å². The van der Waals surface area contributed by atoms with Gasteiger partial charge in [0.25, 0.3) is 0 Å². The standard InChI is InChI=1S/C17H23N3/c1-2-9-17-15(6-1)7-3-8-16(17)14-18-10-4-12-20-13-5-11-19-20/h1-2,5-6,9,11,13,16,18H,3-4,7-8,10,12,14H2. The average Bonchev–Trinajstić information content (AvgIpc) is 3.00. The van der Waals surface area contributed by atoms with E-state index in [1.54, 1.807) is 11.1 Å². The Labute approximate surface area is 121 Å². The van der Waals surface area contributed by atoms with Gasteiger partial charge < -0.3 is 5.32 Å². The molecule has 1 heterocycles. The van der Waals surface area contributed by atoms with Crippen LogP contribution in [0.5, 0.6) is 0 Å². The lowest BCUT2D eigenvalue weighted by molar-refractivity contribution is 0.486. The first-order valence-electron chi connectivity index (χ1n) is 7.69. The highest BCUT2D eigenvalue weighted by Crippen LogP contribution is 2.30. The van der Waals surface area contributed by atoms with Gasteiger partial charge in [0.15, 0.2) is 0 Å². The molecule has 3 nitrogen and oxygen atoms in total. The van der Waals surface area contributed by atoms with E-state index in [1.807, 2.05) is 23.1 Å². The van der Waals surface area contributed by atoms with Gasteiger partial charge in [0.2, 0.25) is 0 Å². The van der Waals surface area contributed by atoms with Crippen LogP contribution in [0.3, 0.4) is 0 Å². The largest absolute Gasteiger partial charge is 0.316 e. The minimum absolute atomic E-state index is 0.699. The molecule has 0 radical (unpaired) electrons. The Bertz CT molecular complexity index is 519. The second-order valence-corrected chi connectivity index (χ2v) is 5.61. The molecule has 1 atom stereocenters. The topological polar surface area (TPSA) is 29.9 Å². The maximum absolute atomic E-state index is 4.22. The molecule has 1 aliphatic carbocycles. The molecular formula is C17H23N3. The van der Waals surface area contributed by atoms with Gasteiger partial charge in [-0.1, -0.05) is 24.3 Å². The van der Waals surface area contributed by atoms with E-state index >= 15 is 0 Å². The first-order valence-corrected chi connectivity index (χ1v) is 7.69. The van der Waals surface area contributed by atoms with E-state index in [9.17, 15) is 0 Å². The van der Waals surface area contributed by atoms with E-state index in [2.05, 4.69) is 34.7 Å². The summed E-state index contributed by atoms with van der Waals surface area (Å²) in [7, 11) is 0. The van der Waals surface area contributed by atoms with Crippen molar-refractivity contribution >= 4 is 0 Å². The molecule has 0 spiro atoms. The van der Waals surface area contributed by atoms with Gasteiger partial charge in [0, 0.05) is 25.5 Å². The Morgan fingerprint density at radius 1 is 1.25 bits per heavy atom. The van der Waals surface area contributed by atoms with Crippen LogP contribution in [0, 0.1) is 0 Å². The lowest BCUT2D eigenvalue weighted by Gasteiger charge is -2.25. The predicted molar refractivity (Wildman–Crippen MR) is 81.8 cm³/mol. The van der Waals surface area contributed by atoms with Crippen LogP contribution in [0.25, 0.3) is 0 Å². The number of aromatic nitrogens is 2. The average molecular weight is 269 g/mol. The van der Waals surface area contributed by atoms with Crippen molar-refractivity contribution in [2.45, 2.75) is 38.1 Å². The monoisotopic (exact) mass is 269 g/mol. The summed E-state index contributed by atoms with van der Waals surface area (Å²) in [5.41, 5.74) is 3.13. The van der Waals surface area contributed by atoms with Gasteiger partial charge >= 0.3 is 0 Å². The lowest BCUT2D eigenvalue weighted by atomic mass is 9.83. The third-order valence-corrected chi connectivity index (χ3v) is 4.18. The lowest BCUT2D eigenvalue weighted by Crippen LogP contribution is -2.25. The molecule has 20 heavy (non-hydrogen) atoms. The van der Waals surface area contributed by atoms with Gasteiger partial charge in [-0.25, -0.2) is 0 Å². The summed E-state index contributed by atoms with van der Waals surface area (Å²) >= 11 is 0. The van der Waals surface area contributed by atoms with Crippen LogP contribution in [0.1, 0.15) is 36.3 Å². The van der Waals surface area contributed by atoms with Gasteiger partial charge in [0.05, 0.1) is 0 Å². The van der Waals surface area contributed by atoms with Crippen LogP contribution in [-0.2, 0) is 13.0 Å². The molecular weight excluding hydrogens is 246 g/mol. The second-order valence-electron chi connectivity index (χ2n) is 5.61. The Kier molecular flexibility index (Phi) is 4.49. The van der Waals surface area contributed by atoms with E-state index in [0.717, 1.165) is 26.1 Å². The molecule has 1 aliphatic rings. The smallest absolute Gasteiger partial charge is 0.0489 e. The Morgan fingerprint density at radius 3 is 3.10 bits per heavy atom. The summed E-state index contributed by atoms with van der Waals surface area (Å²) in [6.45, 7) is 3.18. The fraction of sp³-hybridized carbons (Fsp3) is 0.471. The van der Waals surface area contributed by atoms with E-state index in [4.69, 9.17) is 0 Å². The zero-order valence-corrected chi connectivity index (χ0v) is 12.0. The molecule has 0 aliphatic heterocycles. The Hall–Kier alpha value is -1.61. The summed E-state index contributed by atoms with van der Waals surface area (Å²) in [4.78, 5) is 0. The molecule has 0 saturated heterocycles. The number of fused-ring (bicyclic) bond motifs is 1. The maximum Gasteiger partial charge on any atom is 0.0489 e. The van der Waals surface area contributed by atoms with E-state index < -0.39 is 0 Å². The van der Waals surface area contributed by atoms with Crippen LogP contribution in [-0.4, -0.2) is 22.9 Å². The summed E-state index contributed by atoms with van der Waals surface area (Å²) < 4.78 is 2.00. The van der Waals surface area contributed by atoms with Gasteiger partial charge in [-0.15, -0.1) is 0 Å². The van der Waals surface area contributed by atoms with Crippen LogP contribution in [0.2, 0.25) is 0 Å². The van der Waals surface area contributed by atoms with Gasteiger partial charge in [-0.2, -0.15) is 5.10 Å². The molecule has 3 rings (SSSR count). The van der Waals surface area contributed by atoms with Crippen LogP contribution < -0.4 is 5.32 Å². The summed E-state index contributed by atoms with van der Waals surface area (Å²) in [6, 6.07) is 10.9. The first kappa shape index (κ1) is 13.4. The molecule has 0 saturated carbocycles. The quantitative estimate of drug-likeness (QED) is 0.817. The number of nitrogens with zero attached hydrogens (tertiary/aromatic N) is 2. The minimum Gasteiger partial charge on any atom is -0.316 e. The molecule has 0 bridgehead atoms. The SMILES string of the molecule is c1ccc2c(c1)CCCC2CNCCCn1cccn1. The normalized spacial score (nSPS) is 17.9. The molecule has 1 aromatic heterocycles. The van der Waals surface area contributed by atoms with Crippen LogP contribution in [0.4, 0.5) is 0 Å². The number of hydrogen-bond acceptors (Lipinski definition) is 2. The molecule has 1 N–H and O–H groups in total. The second kappa shape index (κ2) is 6.71. The van der Waals surface area contributed by atoms with Crippen LogP contribution in [0.15, 0.2) is 42.7 Å². The third-order valence-electron chi connectivity index (χ3n) is 4.18. The highest BCUT2D eigenvalue weighted by Gasteiger charge is 2.18. The number of benzene rings is 1. The summed E-state index contributed by atoms with van der Waals surface area (Å²) in [6.07, 6.45) is 8.91. The zero-order valence-electron chi connectivity index (χ0n) is 12.0. The molecule has 106 valence electrons. The van der Waals surface area contributed by atoms with Crippen molar-refractivity contribution in [3.05, 3.63) is 53.9 Å².